The zero-order chi connectivity index (χ0) is 14.7. The van der Waals surface area contributed by atoms with Crippen molar-refractivity contribution in [3.63, 3.8) is 0 Å². The van der Waals surface area contributed by atoms with Gasteiger partial charge in [-0.05, 0) is 12.8 Å². The number of hydrogen-bond donors (Lipinski definition) is 2. The summed E-state index contributed by atoms with van der Waals surface area (Å²) in [6.45, 7) is -0.108. The molecule has 9 heteroatoms. The number of hydrogen-bond acceptors (Lipinski definition) is 6. The van der Waals surface area contributed by atoms with Gasteiger partial charge in [-0.15, -0.1) is 0 Å². The zero-order valence-corrected chi connectivity index (χ0v) is 11.3. The SMILES string of the molecule is NCC(=O)OCC1CCC(n2cc(Cl)c(=O)[nH]c2=O)O1. The van der Waals surface area contributed by atoms with Crippen LogP contribution in [0.25, 0.3) is 0 Å². The Morgan fingerprint density at radius 2 is 2.30 bits per heavy atom. The fourth-order valence-electron chi connectivity index (χ4n) is 1.93. The molecule has 3 N–H and O–H groups in total. The van der Waals surface area contributed by atoms with Gasteiger partial charge in [0.2, 0.25) is 0 Å². The Morgan fingerprint density at radius 3 is 3.00 bits per heavy atom. The second-order valence-electron chi connectivity index (χ2n) is 4.32. The summed E-state index contributed by atoms with van der Waals surface area (Å²) in [7, 11) is 0. The molecule has 0 aromatic carbocycles. The highest BCUT2D eigenvalue weighted by molar-refractivity contribution is 6.30. The maximum atomic E-state index is 11.7. The number of ether oxygens (including phenoxy) is 2. The van der Waals surface area contributed by atoms with Crippen LogP contribution in [0.1, 0.15) is 19.1 Å². The van der Waals surface area contributed by atoms with E-state index in [1.807, 2.05) is 0 Å². The van der Waals surface area contributed by atoms with Crippen LogP contribution in [0.15, 0.2) is 15.8 Å². The minimum absolute atomic E-state index is 0.0817. The molecule has 0 radical (unpaired) electrons. The van der Waals surface area contributed by atoms with Gasteiger partial charge < -0.3 is 15.2 Å². The van der Waals surface area contributed by atoms with E-state index >= 15 is 0 Å². The fraction of sp³-hybridized carbons (Fsp3) is 0.545. The van der Waals surface area contributed by atoms with Crippen molar-refractivity contribution in [3.05, 3.63) is 32.1 Å². The van der Waals surface area contributed by atoms with Crippen LogP contribution >= 0.6 is 11.6 Å². The maximum absolute atomic E-state index is 11.7. The first-order valence-corrected chi connectivity index (χ1v) is 6.41. The highest BCUT2D eigenvalue weighted by atomic mass is 35.5. The topological polar surface area (TPSA) is 116 Å². The minimum Gasteiger partial charge on any atom is -0.462 e. The number of rotatable bonds is 4. The molecule has 0 aliphatic carbocycles. The van der Waals surface area contributed by atoms with Gasteiger partial charge in [0, 0.05) is 6.20 Å². The highest BCUT2D eigenvalue weighted by Gasteiger charge is 2.28. The van der Waals surface area contributed by atoms with Gasteiger partial charge in [-0.25, -0.2) is 4.79 Å². The third-order valence-electron chi connectivity index (χ3n) is 2.92. The summed E-state index contributed by atoms with van der Waals surface area (Å²) in [5.41, 5.74) is 3.88. The van der Waals surface area contributed by atoms with Crippen molar-refractivity contribution in [3.8, 4) is 0 Å². The van der Waals surface area contributed by atoms with Crippen molar-refractivity contribution in [2.75, 3.05) is 13.2 Å². The van der Waals surface area contributed by atoms with E-state index in [0.717, 1.165) is 0 Å². The van der Waals surface area contributed by atoms with Crippen LogP contribution in [0.5, 0.6) is 0 Å². The Labute approximate surface area is 118 Å². The van der Waals surface area contributed by atoms with E-state index in [1.165, 1.54) is 10.8 Å². The van der Waals surface area contributed by atoms with Gasteiger partial charge in [0.15, 0.2) is 0 Å². The monoisotopic (exact) mass is 303 g/mol. The second kappa shape index (κ2) is 6.21. The Kier molecular flexibility index (Phi) is 4.58. The van der Waals surface area contributed by atoms with Gasteiger partial charge in [0.1, 0.15) is 17.9 Å². The number of carbonyl (C=O) groups excluding carboxylic acids is 1. The molecule has 2 unspecified atom stereocenters. The Morgan fingerprint density at radius 1 is 1.55 bits per heavy atom. The zero-order valence-electron chi connectivity index (χ0n) is 10.5. The van der Waals surface area contributed by atoms with E-state index in [2.05, 4.69) is 4.98 Å². The summed E-state index contributed by atoms with van der Waals surface area (Å²) in [5, 5.41) is -0.0915. The van der Waals surface area contributed by atoms with E-state index in [1.54, 1.807) is 0 Å². The number of halogens is 1. The standard InChI is InChI=1S/C11H14ClN3O5/c12-7-4-15(11(18)14-10(7)17)8-2-1-6(20-8)5-19-9(16)3-13/h4,6,8H,1-3,5,13H2,(H,14,17,18). The largest absolute Gasteiger partial charge is 0.462 e. The smallest absolute Gasteiger partial charge is 0.330 e. The summed E-state index contributed by atoms with van der Waals surface area (Å²) in [6.07, 6.45) is 1.55. The third kappa shape index (κ3) is 3.27. The lowest BCUT2D eigenvalue weighted by atomic mass is 10.2. The van der Waals surface area contributed by atoms with Crippen molar-refractivity contribution >= 4 is 17.6 Å². The number of aromatic amines is 1. The van der Waals surface area contributed by atoms with Crippen molar-refractivity contribution < 1.29 is 14.3 Å². The molecule has 2 atom stereocenters. The first-order valence-electron chi connectivity index (χ1n) is 6.03. The summed E-state index contributed by atoms with van der Waals surface area (Å²) >= 11 is 5.68. The van der Waals surface area contributed by atoms with Crippen molar-refractivity contribution in [1.29, 1.82) is 0 Å². The predicted molar refractivity (Wildman–Crippen MR) is 69.5 cm³/mol. The van der Waals surface area contributed by atoms with Crippen LogP contribution < -0.4 is 17.0 Å². The molecule has 110 valence electrons. The number of nitrogens with two attached hydrogens (primary N) is 1. The van der Waals surface area contributed by atoms with Crippen LogP contribution in [0.4, 0.5) is 0 Å². The average Bonchev–Trinajstić information content (AvgIpc) is 2.88. The fourth-order valence-corrected chi connectivity index (χ4v) is 2.09. The van der Waals surface area contributed by atoms with Gasteiger partial charge >= 0.3 is 11.7 Å². The first kappa shape index (κ1) is 14.8. The van der Waals surface area contributed by atoms with Crippen LogP contribution in [-0.2, 0) is 14.3 Å². The normalized spacial score (nSPS) is 21.9. The van der Waals surface area contributed by atoms with Crippen LogP contribution in [0.2, 0.25) is 5.02 Å². The molecule has 1 aliphatic rings. The van der Waals surface area contributed by atoms with Gasteiger partial charge in [-0.3, -0.25) is 19.1 Å². The molecule has 1 saturated heterocycles. The minimum atomic E-state index is -0.640. The van der Waals surface area contributed by atoms with Gasteiger partial charge in [-0.1, -0.05) is 11.6 Å². The molecule has 1 fully saturated rings. The lowest BCUT2D eigenvalue weighted by Gasteiger charge is -2.15. The number of nitrogens with zero attached hydrogens (tertiary/aromatic N) is 1. The van der Waals surface area contributed by atoms with Crippen LogP contribution in [-0.4, -0.2) is 34.8 Å². The molecule has 2 heterocycles. The molecule has 0 amide bonds. The Hall–Kier alpha value is -1.64. The predicted octanol–water partition coefficient (Wildman–Crippen LogP) is -0.631. The van der Waals surface area contributed by atoms with Crippen molar-refractivity contribution in [2.45, 2.75) is 25.2 Å². The highest BCUT2D eigenvalue weighted by Crippen LogP contribution is 2.27. The number of aromatic nitrogens is 2. The second-order valence-corrected chi connectivity index (χ2v) is 4.73. The molecule has 0 bridgehead atoms. The Bertz CT molecular complexity index is 611. The molecule has 2 rings (SSSR count). The van der Waals surface area contributed by atoms with E-state index in [0.29, 0.717) is 12.8 Å². The summed E-state index contributed by atoms with van der Waals surface area (Å²) in [5.74, 6) is -0.513. The van der Waals surface area contributed by atoms with E-state index in [9.17, 15) is 14.4 Å². The summed E-state index contributed by atoms with van der Waals surface area (Å²) in [4.78, 5) is 35.9. The van der Waals surface area contributed by atoms with Gasteiger partial charge in [-0.2, -0.15) is 0 Å². The molecule has 0 saturated carbocycles. The summed E-state index contributed by atoms with van der Waals surface area (Å²) in [6, 6.07) is 0. The van der Waals surface area contributed by atoms with E-state index in [4.69, 9.17) is 26.8 Å². The maximum Gasteiger partial charge on any atom is 0.330 e. The molecule has 1 aromatic rings. The number of esters is 1. The van der Waals surface area contributed by atoms with E-state index in [-0.39, 0.29) is 24.3 Å². The van der Waals surface area contributed by atoms with E-state index < -0.39 is 23.4 Å². The molecule has 8 nitrogen and oxygen atoms in total. The quantitative estimate of drug-likeness (QED) is 0.715. The van der Waals surface area contributed by atoms with Crippen molar-refractivity contribution in [2.24, 2.45) is 5.73 Å². The lowest BCUT2D eigenvalue weighted by molar-refractivity contribution is -0.146. The molecule has 1 aromatic heterocycles. The van der Waals surface area contributed by atoms with Gasteiger partial charge in [0.25, 0.3) is 5.56 Å². The molecule has 0 spiro atoms. The molecular formula is C11H14ClN3O5. The Balaban J connectivity index is 2.03. The van der Waals surface area contributed by atoms with Crippen LogP contribution in [0.3, 0.4) is 0 Å². The third-order valence-corrected chi connectivity index (χ3v) is 3.19. The summed E-state index contributed by atoms with van der Waals surface area (Å²) < 4.78 is 11.7. The van der Waals surface area contributed by atoms with Gasteiger partial charge in [0.05, 0.1) is 12.6 Å². The van der Waals surface area contributed by atoms with Crippen LogP contribution in [0, 0.1) is 0 Å². The number of carbonyl (C=O) groups is 1. The molecule has 20 heavy (non-hydrogen) atoms. The average molecular weight is 304 g/mol. The number of nitrogens with one attached hydrogen (secondary N) is 1. The van der Waals surface area contributed by atoms with Crippen molar-refractivity contribution in [1.82, 2.24) is 9.55 Å². The number of H-pyrrole nitrogens is 1. The lowest BCUT2D eigenvalue weighted by Crippen LogP contribution is -2.32. The molecular weight excluding hydrogens is 290 g/mol. The molecule has 1 aliphatic heterocycles. The first-order chi connectivity index (χ1) is 9.51.